The highest BCUT2D eigenvalue weighted by Gasteiger charge is 2.50. The third-order valence-electron chi connectivity index (χ3n) is 5.36. The highest BCUT2D eigenvalue weighted by Crippen LogP contribution is 2.52. The first-order valence-corrected chi connectivity index (χ1v) is 8.38. The molecule has 4 heteroatoms. The van der Waals surface area contributed by atoms with E-state index in [0.717, 1.165) is 24.9 Å². The number of likely N-dealkylation sites (tertiary alicyclic amines) is 1. The standard InChI is InChI=1S/C19H28N2O.ClH/c1-18(2)10-15-11-19(3,12-18)13-21(15)17(22)9-16(20)14-7-5-4-6-8-14;/h4-8,15-16H,9-13,20H2,1-3H3;1H. The van der Waals surface area contributed by atoms with Crippen LogP contribution < -0.4 is 5.73 Å². The molecule has 23 heavy (non-hydrogen) atoms. The fraction of sp³-hybridized carbons (Fsp3) is 0.632. The van der Waals surface area contributed by atoms with Crippen molar-refractivity contribution in [2.24, 2.45) is 16.6 Å². The van der Waals surface area contributed by atoms with Crippen LogP contribution in [0, 0.1) is 10.8 Å². The summed E-state index contributed by atoms with van der Waals surface area (Å²) in [6, 6.07) is 10.2. The van der Waals surface area contributed by atoms with E-state index in [9.17, 15) is 4.79 Å². The Morgan fingerprint density at radius 1 is 1.26 bits per heavy atom. The van der Waals surface area contributed by atoms with Crippen LogP contribution in [-0.2, 0) is 4.79 Å². The lowest BCUT2D eigenvalue weighted by Crippen LogP contribution is -2.38. The van der Waals surface area contributed by atoms with Crippen molar-refractivity contribution in [3.05, 3.63) is 35.9 Å². The van der Waals surface area contributed by atoms with Crippen molar-refractivity contribution in [1.29, 1.82) is 0 Å². The fourth-order valence-corrected chi connectivity index (χ4v) is 4.88. The van der Waals surface area contributed by atoms with Gasteiger partial charge < -0.3 is 10.6 Å². The zero-order chi connectivity index (χ0) is 16.0. The van der Waals surface area contributed by atoms with Gasteiger partial charge in [-0.25, -0.2) is 0 Å². The van der Waals surface area contributed by atoms with E-state index in [-0.39, 0.29) is 24.4 Å². The molecule has 2 N–H and O–H groups in total. The van der Waals surface area contributed by atoms with Gasteiger partial charge in [-0.15, -0.1) is 12.4 Å². The summed E-state index contributed by atoms with van der Waals surface area (Å²) >= 11 is 0. The molecule has 1 amide bonds. The van der Waals surface area contributed by atoms with E-state index in [0.29, 0.717) is 23.3 Å². The summed E-state index contributed by atoms with van der Waals surface area (Å²) < 4.78 is 0. The van der Waals surface area contributed by atoms with Crippen LogP contribution in [0.25, 0.3) is 0 Å². The molecule has 0 spiro atoms. The molecule has 0 radical (unpaired) electrons. The van der Waals surface area contributed by atoms with Crippen molar-refractivity contribution in [2.45, 2.75) is 58.5 Å². The first-order chi connectivity index (χ1) is 10.3. The minimum Gasteiger partial charge on any atom is -0.339 e. The summed E-state index contributed by atoms with van der Waals surface area (Å²) in [5, 5.41) is 0. The number of carbonyl (C=O) groups is 1. The van der Waals surface area contributed by atoms with Gasteiger partial charge in [-0.1, -0.05) is 51.1 Å². The van der Waals surface area contributed by atoms with Gasteiger partial charge in [0, 0.05) is 25.0 Å². The van der Waals surface area contributed by atoms with E-state index in [1.165, 1.54) is 6.42 Å². The number of nitrogens with two attached hydrogens (primary N) is 1. The third-order valence-corrected chi connectivity index (χ3v) is 5.36. The van der Waals surface area contributed by atoms with Gasteiger partial charge in [0.15, 0.2) is 0 Å². The Kier molecular flexibility index (Phi) is 5.12. The van der Waals surface area contributed by atoms with Crippen LogP contribution in [0.1, 0.15) is 58.1 Å². The van der Waals surface area contributed by atoms with E-state index in [1.54, 1.807) is 0 Å². The Balaban J connectivity index is 0.00000192. The van der Waals surface area contributed by atoms with Gasteiger partial charge in [0.1, 0.15) is 0 Å². The topological polar surface area (TPSA) is 46.3 Å². The van der Waals surface area contributed by atoms with Gasteiger partial charge >= 0.3 is 0 Å². The molecule has 3 nitrogen and oxygen atoms in total. The largest absolute Gasteiger partial charge is 0.339 e. The average molecular weight is 337 g/mol. The SMILES string of the molecule is CC1(C)CC2CC(C)(CN2C(=O)CC(N)c2ccccc2)C1.Cl. The molecule has 128 valence electrons. The van der Waals surface area contributed by atoms with Crippen molar-refractivity contribution in [3.8, 4) is 0 Å². The molecule has 2 aliphatic rings. The number of carbonyl (C=O) groups excluding carboxylic acids is 1. The first kappa shape index (κ1) is 18.3. The van der Waals surface area contributed by atoms with Crippen LogP contribution >= 0.6 is 12.4 Å². The molecule has 1 aliphatic carbocycles. The Labute approximate surface area is 146 Å². The van der Waals surface area contributed by atoms with E-state index in [4.69, 9.17) is 5.73 Å². The zero-order valence-electron chi connectivity index (χ0n) is 14.4. The van der Waals surface area contributed by atoms with Crippen LogP contribution in [0.3, 0.4) is 0 Å². The number of amides is 1. The molecule has 1 heterocycles. The lowest BCUT2D eigenvalue weighted by Gasteiger charge is -2.39. The molecule has 2 fully saturated rings. The molecule has 1 saturated heterocycles. The predicted octanol–water partition coefficient (Wildman–Crippen LogP) is 3.93. The van der Waals surface area contributed by atoms with E-state index in [1.807, 2.05) is 30.3 Å². The molecular formula is C19H29ClN2O. The molecule has 1 aromatic rings. The normalized spacial score (nSPS) is 29.7. The summed E-state index contributed by atoms with van der Waals surface area (Å²) in [5.41, 5.74) is 7.92. The predicted molar refractivity (Wildman–Crippen MR) is 96.5 cm³/mol. The van der Waals surface area contributed by atoms with Crippen molar-refractivity contribution < 1.29 is 4.79 Å². The summed E-state index contributed by atoms with van der Waals surface area (Å²) in [7, 11) is 0. The van der Waals surface area contributed by atoms with Crippen molar-refractivity contribution in [3.63, 3.8) is 0 Å². The minimum atomic E-state index is -0.199. The number of rotatable bonds is 3. The average Bonchev–Trinajstić information content (AvgIpc) is 2.69. The molecule has 1 aliphatic heterocycles. The molecular weight excluding hydrogens is 308 g/mol. The summed E-state index contributed by atoms with van der Waals surface area (Å²) in [6.07, 6.45) is 3.90. The van der Waals surface area contributed by atoms with Gasteiger partial charge in [-0.2, -0.15) is 0 Å². The Morgan fingerprint density at radius 3 is 2.57 bits per heavy atom. The molecule has 0 aromatic heterocycles. The number of nitrogens with zero attached hydrogens (tertiary/aromatic N) is 1. The van der Waals surface area contributed by atoms with Crippen molar-refractivity contribution in [2.75, 3.05) is 6.54 Å². The van der Waals surface area contributed by atoms with Gasteiger partial charge in [0.05, 0.1) is 0 Å². The minimum absolute atomic E-state index is 0. The Morgan fingerprint density at radius 2 is 1.91 bits per heavy atom. The lowest BCUT2D eigenvalue weighted by atomic mass is 9.65. The van der Waals surface area contributed by atoms with E-state index in [2.05, 4.69) is 25.7 Å². The number of hydrogen-bond donors (Lipinski definition) is 1. The van der Waals surface area contributed by atoms with Crippen LogP contribution in [-0.4, -0.2) is 23.4 Å². The fourth-order valence-electron chi connectivity index (χ4n) is 4.88. The van der Waals surface area contributed by atoms with Gasteiger partial charge in [0.25, 0.3) is 0 Å². The highest BCUT2D eigenvalue weighted by atomic mass is 35.5. The second-order valence-electron chi connectivity index (χ2n) is 8.46. The van der Waals surface area contributed by atoms with Crippen LogP contribution in [0.5, 0.6) is 0 Å². The first-order valence-electron chi connectivity index (χ1n) is 8.38. The molecule has 1 saturated carbocycles. The molecule has 3 unspecified atom stereocenters. The molecule has 2 bridgehead atoms. The summed E-state index contributed by atoms with van der Waals surface area (Å²) in [5.74, 6) is 0.225. The lowest BCUT2D eigenvalue weighted by molar-refractivity contribution is -0.132. The van der Waals surface area contributed by atoms with Crippen molar-refractivity contribution >= 4 is 18.3 Å². The molecule has 3 atom stereocenters. The number of halogens is 1. The van der Waals surface area contributed by atoms with Gasteiger partial charge in [-0.3, -0.25) is 4.79 Å². The number of fused-ring (bicyclic) bond motifs is 2. The van der Waals surface area contributed by atoms with Crippen LogP contribution in [0.2, 0.25) is 0 Å². The van der Waals surface area contributed by atoms with E-state index >= 15 is 0 Å². The van der Waals surface area contributed by atoms with Crippen LogP contribution in [0.15, 0.2) is 30.3 Å². The zero-order valence-corrected chi connectivity index (χ0v) is 15.2. The number of hydrogen-bond acceptors (Lipinski definition) is 2. The van der Waals surface area contributed by atoms with Gasteiger partial charge in [0.2, 0.25) is 5.91 Å². The van der Waals surface area contributed by atoms with Crippen molar-refractivity contribution in [1.82, 2.24) is 4.90 Å². The second kappa shape index (κ2) is 6.45. The van der Waals surface area contributed by atoms with E-state index < -0.39 is 0 Å². The second-order valence-corrected chi connectivity index (χ2v) is 8.46. The smallest absolute Gasteiger partial charge is 0.224 e. The maximum Gasteiger partial charge on any atom is 0.224 e. The quantitative estimate of drug-likeness (QED) is 0.909. The molecule has 3 rings (SSSR count). The highest BCUT2D eigenvalue weighted by molar-refractivity contribution is 5.85. The Bertz CT molecular complexity index is 560. The monoisotopic (exact) mass is 336 g/mol. The maximum absolute atomic E-state index is 12.8. The van der Waals surface area contributed by atoms with Gasteiger partial charge in [-0.05, 0) is 35.7 Å². The Hall–Kier alpha value is -1.06. The third kappa shape index (κ3) is 3.89. The van der Waals surface area contributed by atoms with Crippen LogP contribution in [0.4, 0.5) is 0 Å². The summed E-state index contributed by atoms with van der Waals surface area (Å²) in [4.78, 5) is 14.9. The molecule has 1 aromatic carbocycles. The summed E-state index contributed by atoms with van der Waals surface area (Å²) in [6.45, 7) is 7.91. The number of benzene rings is 1. The maximum atomic E-state index is 12.8.